The van der Waals surface area contributed by atoms with Gasteiger partial charge in [0.2, 0.25) is 0 Å². The van der Waals surface area contributed by atoms with E-state index in [1.54, 1.807) is 0 Å². The standard InChI is InChI=1S/C11H22ClN/c1-3-10(2)9-13-7-5-4-6-11(13)8-12/h10-11H,3-9H2,1-2H3. The first-order chi connectivity index (χ1) is 6.27. The number of alkyl halides is 1. The third-order valence-corrected chi connectivity index (χ3v) is 3.53. The van der Waals surface area contributed by atoms with Gasteiger partial charge in [-0.2, -0.15) is 0 Å². The van der Waals surface area contributed by atoms with Crippen molar-refractivity contribution in [2.24, 2.45) is 5.92 Å². The fourth-order valence-corrected chi connectivity index (χ4v) is 2.35. The van der Waals surface area contributed by atoms with Crippen molar-refractivity contribution in [1.29, 1.82) is 0 Å². The highest BCUT2D eigenvalue weighted by atomic mass is 35.5. The quantitative estimate of drug-likeness (QED) is 0.635. The Bertz CT molecular complexity index is 138. The van der Waals surface area contributed by atoms with Crippen LogP contribution in [0, 0.1) is 5.92 Å². The minimum absolute atomic E-state index is 0.657. The molecular formula is C11H22ClN. The predicted molar refractivity (Wildman–Crippen MR) is 59.4 cm³/mol. The van der Waals surface area contributed by atoms with Gasteiger partial charge in [-0.25, -0.2) is 0 Å². The molecule has 0 bridgehead atoms. The van der Waals surface area contributed by atoms with E-state index in [9.17, 15) is 0 Å². The van der Waals surface area contributed by atoms with Gasteiger partial charge in [-0.15, -0.1) is 11.6 Å². The average molecular weight is 204 g/mol. The van der Waals surface area contributed by atoms with Crippen LogP contribution in [0.25, 0.3) is 0 Å². The van der Waals surface area contributed by atoms with Crippen molar-refractivity contribution in [2.75, 3.05) is 19.0 Å². The SMILES string of the molecule is CCC(C)CN1CCCCC1CCl. The summed E-state index contributed by atoms with van der Waals surface area (Å²) in [6.07, 6.45) is 5.32. The van der Waals surface area contributed by atoms with E-state index in [1.807, 2.05) is 0 Å². The molecule has 0 radical (unpaired) electrons. The maximum atomic E-state index is 5.96. The number of hydrogen-bond acceptors (Lipinski definition) is 1. The number of halogens is 1. The third kappa shape index (κ3) is 3.47. The number of nitrogens with zero attached hydrogens (tertiary/aromatic N) is 1. The van der Waals surface area contributed by atoms with Gasteiger partial charge in [0.1, 0.15) is 0 Å². The first-order valence-electron chi connectivity index (χ1n) is 5.58. The summed E-state index contributed by atoms with van der Waals surface area (Å²) in [4.78, 5) is 2.59. The van der Waals surface area contributed by atoms with Crippen LogP contribution in [0.5, 0.6) is 0 Å². The highest BCUT2D eigenvalue weighted by Crippen LogP contribution is 2.19. The van der Waals surface area contributed by atoms with E-state index in [2.05, 4.69) is 18.7 Å². The topological polar surface area (TPSA) is 3.24 Å². The molecule has 2 atom stereocenters. The molecule has 2 unspecified atom stereocenters. The van der Waals surface area contributed by atoms with Gasteiger partial charge in [0.25, 0.3) is 0 Å². The Kier molecular flexibility index (Phi) is 5.12. The molecular weight excluding hydrogens is 182 g/mol. The average Bonchev–Trinajstić information content (AvgIpc) is 2.18. The summed E-state index contributed by atoms with van der Waals surface area (Å²) in [7, 11) is 0. The summed E-state index contributed by atoms with van der Waals surface area (Å²) in [6.45, 7) is 7.11. The molecule has 0 aromatic rings. The molecule has 1 nitrogen and oxygen atoms in total. The summed E-state index contributed by atoms with van der Waals surface area (Å²) in [5.41, 5.74) is 0. The van der Waals surface area contributed by atoms with Crippen molar-refractivity contribution in [2.45, 2.75) is 45.6 Å². The maximum absolute atomic E-state index is 5.96. The molecule has 1 aliphatic heterocycles. The molecule has 1 fully saturated rings. The van der Waals surface area contributed by atoms with Crippen LogP contribution in [-0.4, -0.2) is 29.9 Å². The van der Waals surface area contributed by atoms with E-state index in [0.29, 0.717) is 6.04 Å². The van der Waals surface area contributed by atoms with E-state index >= 15 is 0 Å². The summed E-state index contributed by atoms with van der Waals surface area (Å²) in [5.74, 6) is 1.64. The van der Waals surface area contributed by atoms with Gasteiger partial charge in [-0.05, 0) is 25.3 Å². The molecule has 78 valence electrons. The molecule has 1 heterocycles. The van der Waals surface area contributed by atoms with Crippen LogP contribution in [0.2, 0.25) is 0 Å². The van der Waals surface area contributed by atoms with Crippen molar-refractivity contribution in [3.63, 3.8) is 0 Å². The number of piperidine rings is 1. The second-order valence-electron chi connectivity index (χ2n) is 4.31. The predicted octanol–water partition coefficient (Wildman–Crippen LogP) is 3.13. The van der Waals surface area contributed by atoms with E-state index in [1.165, 1.54) is 38.8 Å². The molecule has 0 aromatic carbocycles. The largest absolute Gasteiger partial charge is 0.299 e. The zero-order valence-electron chi connectivity index (χ0n) is 8.93. The van der Waals surface area contributed by atoms with Crippen molar-refractivity contribution in [3.8, 4) is 0 Å². The highest BCUT2D eigenvalue weighted by Gasteiger charge is 2.22. The van der Waals surface area contributed by atoms with Crippen LogP contribution in [0.15, 0.2) is 0 Å². The van der Waals surface area contributed by atoms with Crippen LogP contribution in [0.4, 0.5) is 0 Å². The van der Waals surface area contributed by atoms with E-state index in [0.717, 1.165) is 11.8 Å². The molecule has 13 heavy (non-hydrogen) atoms. The van der Waals surface area contributed by atoms with Crippen molar-refractivity contribution in [1.82, 2.24) is 4.90 Å². The summed E-state index contributed by atoms with van der Waals surface area (Å²) >= 11 is 5.96. The van der Waals surface area contributed by atoms with E-state index in [4.69, 9.17) is 11.6 Å². The van der Waals surface area contributed by atoms with Gasteiger partial charge >= 0.3 is 0 Å². The molecule has 0 spiro atoms. The molecule has 2 heteroatoms. The number of rotatable bonds is 4. The van der Waals surface area contributed by atoms with Crippen LogP contribution in [-0.2, 0) is 0 Å². The van der Waals surface area contributed by atoms with Crippen LogP contribution >= 0.6 is 11.6 Å². The minimum atomic E-state index is 0.657. The fourth-order valence-electron chi connectivity index (χ4n) is 2.00. The third-order valence-electron chi connectivity index (χ3n) is 3.17. The van der Waals surface area contributed by atoms with Crippen LogP contribution in [0.1, 0.15) is 39.5 Å². The zero-order chi connectivity index (χ0) is 9.68. The van der Waals surface area contributed by atoms with Crippen molar-refractivity contribution < 1.29 is 0 Å². The second kappa shape index (κ2) is 5.87. The van der Waals surface area contributed by atoms with Gasteiger partial charge in [0, 0.05) is 18.5 Å². The maximum Gasteiger partial charge on any atom is 0.0379 e. The van der Waals surface area contributed by atoms with Crippen LogP contribution < -0.4 is 0 Å². The Labute approximate surface area is 87.4 Å². The lowest BCUT2D eigenvalue weighted by Gasteiger charge is -2.36. The lowest BCUT2D eigenvalue weighted by Crippen LogP contribution is -2.42. The molecule has 0 N–H and O–H groups in total. The lowest BCUT2D eigenvalue weighted by molar-refractivity contribution is 0.141. The molecule has 1 rings (SSSR count). The smallest absolute Gasteiger partial charge is 0.0379 e. The monoisotopic (exact) mass is 203 g/mol. The molecule has 1 aliphatic rings. The minimum Gasteiger partial charge on any atom is -0.299 e. The molecule has 0 amide bonds. The number of hydrogen-bond donors (Lipinski definition) is 0. The Morgan fingerprint density at radius 2 is 2.23 bits per heavy atom. The molecule has 0 aromatic heterocycles. The Balaban J connectivity index is 2.35. The second-order valence-corrected chi connectivity index (χ2v) is 4.62. The Morgan fingerprint density at radius 1 is 1.46 bits per heavy atom. The van der Waals surface area contributed by atoms with Crippen LogP contribution in [0.3, 0.4) is 0 Å². The molecule has 0 aliphatic carbocycles. The molecule has 0 saturated carbocycles. The van der Waals surface area contributed by atoms with Crippen molar-refractivity contribution >= 4 is 11.6 Å². The van der Waals surface area contributed by atoms with Gasteiger partial charge < -0.3 is 0 Å². The van der Waals surface area contributed by atoms with Gasteiger partial charge in [-0.3, -0.25) is 4.90 Å². The Morgan fingerprint density at radius 3 is 2.85 bits per heavy atom. The lowest BCUT2D eigenvalue weighted by atomic mass is 10.0. The number of likely N-dealkylation sites (tertiary alicyclic amines) is 1. The summed E-state index contributed by atoms with van der Waals surface area (Å²) in [5, 5.41) is 0. The van der Waals surface area contributed by atoms with E-state index in [-0.39, 0.29) is 0 Å². The normalized spacial score (nSPS) is 27.5. The summed E-state index contributed by atoms with van der Waals surface area (Å²) < 4.78 is 0. The Hall–Kier alpha value is 0.250. The van der Waals surface area contributed by atoms with Crippen molar-refractivity contribution in [3.05, 3.63) is 0 Å². The first-order valence-corrected chi connectivity index (χ1v) is 6.11. The first kappa shape index (κ1) is 11.3. The zero-order valence-corrected chi connectivity index (χ0v) is 9.69. The fraction of sp³-hybridized carbons (Fsp3) is 1.00. The highest BCUT2D eigenvalue weighted by molar-refractivity contribution is 6.18. The summed E-state index contributed by atoms with van der Waals surface area (Å²) in [6, 6.07) is 0.657. The van der Waals surface area contributed by atoms with Gasteiger partial charge in [-0.1, -0.05) is 26.7 Å². The van der Waals surface area contributed by atoms with Gasteiger partial charge in [0.05, 0.1) is 0 Å². The van der Waals surface area contributed by atoms with Gasteiger partial charge in [0.15, 0.2) is 0 Å². The molecule has 1 saturated heterocycles. The van der Waals surface area contributed by atoms with E-state index < -0.39 is 0 Å².